The third-order valence-corrected chi connectivity index (χ3v) is 5.24. The minimum absolute atomic E-state index is 0.0953. The number of anilines is 1. The molecule has 1 amide bonds. The summed E-state index contributed by atoms with van der Waals surface area (Å²) in [6.45, 7) is 1.95. The molecule has 0 fully saturated rings. The molecule has 2 heterocycles. The Labute approximate surface area is 132 Å². The van der Waals surface area contributed by atoms with Crippen molar-refractivity contribution in [1.82, 2.24) is 9.88 Å². The maximum atomic E-state index is 12.2. The molecule has 21 heavy (non-hydrogen) atoms. The summed E-state index contributed by atoms with van der Waals surface area (Å²) >= 11 is 3.25. The number of hydrogen-bond acceptors (Lipinski definition) is 5. The van der Waals surface area contributed by atoms with Crippen molar-refractivity contribution in [1.29, 1.82) is 0 Å². The van der Waals surface area contributed by atoms with Gasteiger partial charge in [0, 0.05) is 34.8 Å². The van der Waals surface area contributed by atoms with E-state index in [1.807, 2.05) is 30.5 Å². The van der Waals surface area contributed by atoms with Gasteiger partial charge in [-0.2, -0.15) is 0 Å². The van der Waals surface area contributed by atoms with Crippen LogP contribution < -0.4 is 5.32 Å². The summed E-state index contributed by atoms with van der Waals surface area (Å²) < 4.78 is 0. The van der Waals surface area contributed by atoms with Crippen LogP contribution in [0, 0.1) is 0 Å². The van der Waals surface area contributed by atoms with Crippen LogP contribution in [0.3, 0.4) is 0 Å². The second kappa shape index (κ2) is 6.17. The van der Waals surface area contributed by atoms with Gasteiger partial charge in [0.2, 0.25) is 0 Å². The molecule has 0 saturated heterocycles. The Morgan fingerprint density at radius 3 is 2.86 bits per heavy atom. The first-order valence-corrected chi connectivity index (χ1v) is 8.82. The van der Waals surface area contributed by atoms with E-state index in [9.17, 15) is 4.79 Å². The smallest absolute Gasteiger partial charge is 0.257 e. The van der Waals surface area contributed by atoms with Crippen LogP contribution in [0.4, 0.5) is 5.13 Å². The molecule has 1 aliphatic rings. The quantitative estimate of drug-likeness (QED) is 0.883. The third-order valence-electron chi connectivity index (χ3n) is 3.49. The van der Waals surface area contributed by atoms with E-state index < -0.39 is 0 Å². The van der Waals surface area contributed by atoms with E-state index in [-0.39, 0.29) is 5.91 Å². The molecular formula is C15H17N3OS2. The lowest BCUT2D eigenvalue weighted by Gasteiger charge is -2.20. The first kappa shape index (κ1) is 14.6. The Morgan fingerprint density at radius 1 is 1.38 bits per heavy atom. The number of nitrogens with zero attached hydrogens (tertiary/aromatic N) is 2. The van der Waals surface area contributed by atoms with Crippen LogP contribution >= 0.6 is 23.1 Å². The number of nitrogens with one attached hydrogen (secondary N) is 1. The maximum Gasteiger partial charge on any atom is 0.257 e. The summed E-state index contributed by atoms with van der Waals surface area (Å²) in [5.41, 5.74) is 1.80. The molecule has 0 atom stereocenters. The van der Waals surface area contributed by atoms with Gasteiger partial charge < -0.3 is 4.90 Å². The van der Waals surface area contributed by atoms with Gasteiger partial charge in [0.15, 0.2) is 5.13 Å². The molecule has 1 aromatic heterocycles. The van der Waals surface area contributed by atoms with E-state index in [1.54, 1.807) is 23.1 Å². The number of likely N-dealkylation sites (N-methyl/N-ethyl adjacent to an activating group) is 1. The highest BCUT2D eigenvalue weighted by Crippen LogP contribution is 2.28. The second-order valence-electron chi connectivity index (χ2n) is 5.06. The van der Waals surface area contributed by atoms with Crippen molar-refractivity contribution in [2.24, 2.45) is 0 Å². The van der Waals surface area contributed by atoms with Crippen LogP contribution in [0.1, 0.15) is 20.9 Å². The monoisotopic (exact) mass is 319 g/mol. The van der Waals surface area contributed by atoms with Crippen LogP contribution in [-0.4, -0.2) is 35.6 Å². The number of rotatable bonds is 3. The van der Waals surface area contributed by atoms with Gasteiger partial charge in [-0.15, -0.1) is 23.1 Å². The zero-order chi connectivity index (χ0) is 14.8. The predicted molar refractivity (Wildman–Crippen MR) is 88.3 cm³/mol. The lowest BCUT2D eigenvalue weighted by atomic mass is 10.2. The molecule has 3 rings (SSSR count). The Balaban J connectivity index is 1.72. The van der Waals surface area contributed by atoms with E-state index in [4.69, 9.17) is 0 Å². The average Bonchev–Trinajstić information content (AvgIpc) is 2.88. The minimum atomic E-state index is -0.0953. The van der Waals surface area contributed by atoms with Crippen molar-refractivity contribution in [3.05, 3.63) is 40.4 Å². The first-order valence-electron chi connectivity index (χ1n) is 6.78. The molecule has 0 radical (unpaired) electrons. The highest BCUT2D eigenvalue weighted by molar-refractivity contribution is 7.98. The number of thioether (sulfide) groups is 1. The van der Waals surface area contributed by atoms with E-state index in [0.29, 0.717) is 10.7 Å². The summed E-state index contributed by atoms with van der Waals surface area (Å²) in [6, 6.07) is 7.62. The minimum Gasteiger partial charge on any atom is -0.301 e. The summed E-state index contributed by atoms with van der Waals surface area (Å²) in [6.07, 6.45) is 2.98. The van der Waals surface area contributed by atoms with E-state index in [0.717, 1.165) is 30.1 Å². The number of hydrogen-bond donors (Lipinski definition) is 1. The van der Waals surface area contributed by atoms with Gasteiger partial charge >= 0.3 is 0 Å². The van der Waals surface area contributed by atoms with Gasteiger partial charge in [-0.05, 0) is 37.6 Å². The van der Waals surface area contributed by atoms with Crippen LogP contribution in [0.25, 0.3) is 0 Å². The van der Waals surface area contributed by atoms with E-state index in [1.165, 1.54) is 4.88 Å². The molecule has 0 bridgehead atoms. The van der Waals surface area contributed by atoms with Crippen LogP contribution in [0.15, 0.2) is 29.2 Å². The highest BCUT2D eigenvalue weighted by atomic mass is 32.2. The SMILES string of the molecule is CSc1ccc(C(=O)Nc2nc3c(s2)CN(C)CC3)cc1. The van der Waals surface area contributed by atoms with Gasteiger partial charge in [-0.3, -0.25) is 10.1 Å². The number of aromatic nitrogens is 1. The Morgan fingerprint density at radius 2 is 2.14 bits per heavy atom. The number of carbonyl (C=O) groups is 1. The molecule has 1 N–H and O–H groups in total. The van der Waals surface area contributed by atoms with Gasteiger partial charge in [-0.1, -0.05) is 0 Å². The third kappa shape index (κ3) is 3.28. The normalized spacial score (nSPS) is 14.8. The molecule has 110 valence electrons. The highest BCUT2D eigenvalue weighted by Gasteiger charge is 2.19. The van der Waals surface area contributed by atoms with Crippen LogP contribution in [0.5, 0.6) is 0 Å². The number of carbonyl (C=O) groups excluding carboxylic acids is 1. The largest absolute Gasteiger partial charge is 0.301 e. The van der Waals surface area contributed by atoms with E-state index in [2.05, 4.69) is 22.2 Å². The molecular weight excluding hydrogens is 302 g/mol. The summed E-state index contributed by atoms with van der Waals surface area (Å²) in [4.78, 5) is 21.5. The van der Waals surface area contributed by atoms with Crippen molar-refractivity contribution < 1.29 is 4.79 Å². The fraction of sp³-hybridized carbons (Fsp3) is 0.333. The molecule has 6 heteroatoms. The maximum absolute atomic E-state index is 12.2. The topological polar surface area (TPSA) is 45.2 Å². The fourth-order valence-corrected chi connectivity index (χ4v) is 3.78. The van der Waals surface area contributed by atoms with Gasteiger partial charge in [0.25, 0.3) is 5.91 Å². The first-order chi connectivity index (χ1) is 10.2. The Hall–Kier alpha value is -1.37. The molecule has 4 nitrogen and oxygen atoms in total. The van der Waals surface area contributed by atoms with E-state index >= 15 is 0 Å². The number of amides is 1. The Bertz CT molecular complexity index is 651. The van der Waals surface area contributed by atoms with Crippen molar-refractivity contribution >= 4 is 34.1 Å². The molecule has 2 aromatic rings. The molecule has 0 unspecified atom stereocenters. The number of benzene rings is 1. The summed E-state index contributed by atoms with van der Waals surface area (Å²) in [5, 5.41) is 3.61. The van der Waals surface area contributed by atoms with Gasteiger partial charge in [0.05, 0.1) is 5.69 Å². The van der Waals surface area contributed by atoms with Crippen molar-refractivity contribution in [2.45, 2.75) is 17.9 Å². The Kier molecular flexibility index (Phi) is 4.28. The zero-order valence-electron chi connectivity index (χ0n) is 12.0. The van der Waals surface area contributed by atoms with Crippen LogP contribution in [0.2, 0.25) is 0 Å². The van der Waals surface area contributed by atoms with Crippen molar-refractivity contribution in [3.8, 4) is 0 Å². The number of thiazole rings is 1. The average molecular weight is 319 g/mol. The molecule has 0 spiro atoms. The molecule has 1 aliphatic heterocycles. The molecule has 0 aliphatic carbocycles. The second-order valence-corrected chi connectivity index (χ2v) is 7.02. The molecule has 0 saturated carbocycles. The fourth-order valence-electron chi connectivity index (χ4n) is 2.29. The summed E-state index contributed by atoms with van der Waals surface area (Å²) in [7, 11) is 2.11. The standard InChI is InChI=1S/C15H17N3OS2/c1-18-8-7-12-13(9-18)21-15(16-12)17-14(19)10-3-5-11(20-2)6-4-10/h3-6H,7-9H2,1-2H3,(H,16,17,19). The predicted octanol–water partition coefficient (Wildman–Crippen LogP) is 3.11. The summed E-state index contributed by atoms with van der Waals surface area (Å²) in [5.74, 6) is -0.0953. The van der Waals surface area contributed by atoms with Crippen molar-refractivity contribution in [2.75, 3.05) is 25.2 Å². The molecule has 1 aromatic carbocycles. The zero-order valence-corrected chi connectivity index (χ0v) is 13.7. The van der Waals surface area contributed by atoms with Crippen molar-refractivity contribution in [3.63, 3.8) is 0 Å². The lowest BCUT2D eigenvalue weighted by Crippen LogP contribution is -2.25. The van der Waals surface area contributed by atoms with Gasteiger partial charge in [0.1, 0.15) is 0 Å². The number of fused-ring (bicyclic) bond motifs is 1. The van der Waals surface area contributed by atoms with Crippen LogP contribution in [-0.2, 0) is 13.0 Å². The lowest BCUT2D eigenvalue weighted by molar-refractivity contribution is 0.102. The van der Waals surface area contributed by atoms with Gasteiger partial charge in [-0.25, -0.2) is 4.98 Å².